The molecule has 0 aliphatic carbocycles. The van der Waals surface area contributed by atoms with Gasteiger partial charge in [0.05, 0.1) is 11.4 Å². The zero-order chi connectivity index (χ0) is 13.7. The summed E-state index contributed by atoms with van der Waals surface area (Å²) in [4.78, 5) is 12.2. The van der Waals surface area contributed by atoms with E-state index in [2.05, 4.69) is 31.2 Å². The number of amides is 1. The molecule has 0 aliphatic heterocycles. The van der Waals surface area contributed by atoms with Crippen molar-refractivity contribution in [1.29, 1.82) is 0 Å². The van der Waals surface area contributed by atoms with E-state index in [9.17, 15) is 4.79 Å². The van der Waals surface area contributed by atoms with Crippen molar-refractivity contribution in [3.8, 4) is 0 Å². The first-order valence-electron chi connectivity index (χ1n) is 6.43. The van der Waals surface area contributed by atoms with Gasteiger partial charge in [-0.25, -0.2) is 4.68 Å². The standard InChI is InChI=1S/C13H23N3OS/c1-6-18-12(9(2)3)13(17)15-11-7-8-14-16(11)10(4)5/h7-10,12H,6H2,1-5H3,(H,15,17). The van der Waals surface area contributed by atoms with E-state index in [1.165, 1.54) is 0 Å². The van der Waals surface area contributed by atoms with E-state index in [1.54, 1.807) is 18.0 Å². The lowest BCUT2D eigenvalue weighted by molar-refractivity contribution is -0.116. The average Bonchev–Trinajstić information content (AvgIpc) is 2.73. The van der Waals surface area contributed by atoms with Crippen molar-refractivity contribution in [3.63, 3.8) is 0 Å². The van der Waals surface area contributed by atoms with E-state index in [0.717, 1.165) is 11.6 Å². The fourth-order valence-corrected chi connectivity index (χ4v) is 2.73. The molecule has 1 amide bonds. The van der Waals surface area contributed by atoms with Crippen LogP contribution in [0.2, 0.25) is 0 Å². The predicted molar refractivity (Wildman–Crippen MR) is 78.0 cm³/mol. The minimum Gasteiger partial charge on any atom is -0.310 e. The molecule has 1 aromatic heterocycles. The van der Waals surface area contributed by atoms with Crippen molar-refractivity contribution in [2.75, 3.05) is 11.1 Å². The van der Waals surface area contributed by atoms with Crippen LogP contribution in [-0.2, 0) is 4.79 Å². The van der Waals surface area contributed by atoms with Crippen LogP contribution in [0.25, 0.3) is 0 Å². The summed E-state index contributed by atoms with van der Waals surface area (Å²) in [6.07, 6.45) is 1.72. The molecule has 0 saturated heterocycles. The van der Waals surface area contributed by atoms with E-state index >= 15 is 0 Å². The van der Waals surface area contributed by atoms with Gasteiger partial charge in [-0.2, -0.15) is 5.10 Å². The molecule has 1 heterocycles. The monoisotopic (exact) mass is 269 g/mol. The van der Waals surface area contributed by atoms with Crippen molar-refractivity contribution in [1.82, 2.24) is 9.78 Å². The van der Waals surface area contributed by atoms with Crippen molar-refractivity contribution < 1.29 is 4.79 Å². The third kappa shape index (κ3) is 3.77. The highest BCUT2D eigenvalue weighted by molar-refractivity contribution is 8.00. The van der Waals surface area contributed by atoms with Gasteiger partial charge in [0, 0.05) is 12.1 Å². The van der Waals surface area contributed by atoms with Gasteiger partial charge in [-0.05, 0) is 25.5 Å². The molecule has 0 bridgehead atoms. The van der Waals surface area contributed by atoms with E-state index in [4.69, 9.17) is 0 Å². The van der Waals surface area contributed by atoms with Crippen molar-refractivity contribution in [2.45, 2.75) is 45.9 Å². The van der Waals surface area contributed by atoms with Crippen LogP contribution in [0.3, 0.4) is 0 Å². The van der Waals surface area contributed by atoms with Gasteiger partial charge in [-0.1, -0.05) is 20.8 Å². The van der Waals surface area contributed by atoms with Crippen LogP contribution in [0.1, 0.15) is 40.7 Å². The maximum atomic E-state index is 12.2. The number of anilines is 1. The Morgan fingerprint density at radius 3 is 2.61 bits per heavy atom. The number of rotatable bonds is 6. The summed E-state index contributed by atoms with van der Waals surface area (Å²) >= 11 is 1.69. The van der Waals surface area contributed by atoms with Gasteiger partial charge in [0.2, 0.25) is 5.91 Å². The molecular formula is C13H23N3OS. The third-order valence-corrected chi connectivity index (χ3v) is 4.07. The van der Waals surface area contributed by atoms with Crippen LogP contribution in [-0.4, -0.2) is 26.7 Å². The summed E-state index contributed by atoms with van der Waals surface area (Å²) in [5, 5.41) is 7.18. The van der Waals surface area contributed by atoms with Gasteiger partial charge >= 0.3 is 0 Å². The molecule has 0 radical (unpaired) electrons. The molecule has 18 heavy (non-hydrogen) atoms. The highest BCUT2D eigenvalue weighted by Gasteiger charge is 2.23. The quantitative estimate of drug-likeness (QED) is 0.862. The third-order valence-electron chi connectivity index (χ3n) is 2.62. The Balaban J connectivity index is 2.76. The Bertz CT molecular complexity index is 387. The smallest absolute Gasteiger partial charge is 0.238 e. The molecule has 0 aliphatic rings. The van der Waals surface area contributed by atoms with Gasteiger partial charge in [-0.15, -0.1) is 11.8 Å². The fourth-order valence-electron chi connectivity index (χ4n) is 1.77. The first kappa shape index (κ1) is 15.1. The Morgan fingerprint density at radius 2 is 2.11 bits per heavy atom. The minimum absolute atomic E-state index is 0.00878. The number of carbonyl (C=O) groups excluding carboxylic acids is 1. The summed E-state index contributed by atoms with van der Waals surface area (Å²) in [7, 11) is 0. The second-order valence-corrected chi connectivity index (χ2v) is 6.28. The molecular weight excluding hydrogens is 246 g/mol. The lowest BCUT2D eigenvalue weighted by atomic mass is 10.1. The first-order valence-corrected chi connectivity index (χ1v) is 7.48. The molecule has 1 aromatic rings. The van der Waals surface area contributed by atoms with Crippen LogP contribution >= 0.6 is 11.8 Å². The molecule has 1 N–H and O–H groups in total. The second-order valence-electron chi connectivity index (χ2n) is 4.86. The van der Waals surface area contributed by atoms with Crippen LogP contribution in [0.4, 0.5) is 5.82 Å². The number of thioether (sulfide) groups is 1. The summed E-state index contributed by atoms with van der Waals surface area (Å²) in [6.45, 7) is 10.3. The number of carbonyl (C=O) groups is 1. The van der Waals surface area contributed by atoms with E-state index in [-0.39, 0.29) is 17.2 Å². The topological polar surface area (TPSA) is 46.9 Å². The van der Waals surface area contributed by atoms with E-state index < -0.39 is 0 Å². The largest absolute Gasteiger partial charge is 0.310 e. The van der Waals surface area contributed by atoms with Gasteiger partial charge in [-0.3, -0.25) is 4.79 Å². The lowest BCUT2D eigenvalue weighted by Crippen LogP contribution is -2.30. The first-order chi connectivity index (χ1) is 8.47. The second kappa shape index (κ2) is 6.83. The zero-order valence-electron chi connectivity index (χ0n) is 11.8. The molecule has 4 nitrogen and oxygen atoms in total. The van der Waals surface area contributed by atoms with Crippen LogP contribution < -0.4 is 5.32 Å². The van der Waals surface area contributed by atoms with E-state index in [1.807, 2.05) is 24.6 Å². The zero-order valence-corrected chi connectivity index (χ0v) is 12.6. The molecule has 0 spiro atoms. The molecule has 1 atom stereocenters. The molecule has 0 aromatic carbocycles. The normalized spacial score (nSPS) is 13.1. The number of nitrogens with zero attached hydrogens (tertiary/aromatic N) is 2. The molecule has 0 saturated carbocycles. The fraction of sp³-hybridized carbons (Fsp3) is 0.692. The molecule has 102 valence electrons. The minimum atomic E-state index is -0.00878. The number of hydrogen-bond acceptors (Lipinski definition) is 3. The number of nitrogens with one attached hydrogen (secondary N) is 1. The van der Waals surface area contributed by atoms with Gasteiger partial charge in [0.1, 0.15) is 5.82 Å². The molecule has 1 rings (SSSR count). The predicted octanol–water partition coefficient (Wildman–Crippen LogP) is 3.18. The lowest BCUT2D eigenvalue weighted by Gasteiger charge is -2.20. The Kier molecular flexibility index (Phi) is 5.72. The van der Waals surface area contributed by atoms with Gasteiger partial charge in [0.25, 0.3) is 0 Å². The van der Waals surface area contributed by atoms with Crippen LogP contribution in [0.15, 0.2) is 12.3 Å². The Morgan fingerprint density at radius 1 is 1.44 bits per heavy atom. The molecule has 5 heteroatoms. The molecule has 1 unspecified atom stereocenters. The van der Waals surface area contributed by atoms with Crippen LogP contribution in [0, 0.1) is 5.92 Å². The maximum Gasteiger partial charge on any atom is 0.238 e. The summed E-state index contributed by atoms with van der Waals surface area (Å²) in [6, 6.07) is 2.08. The van der Waals surface area contributed by atoms with Crippen molar-refractivity contribution >= 4 is 23.5 Å². The number of aromatic nitrogens is 2. The summed E-state index contributed by atoms with van der Waals surface area (Å²) in [5.74, 6) is 2.11. The average molecular weight is 269 g/mol. The highest BCUT2D eigenvalue weighted by Crippen LogP contribution is 2.22. The Hall–Kier alpha value is -0.970. The summed E-state index contributed by atoms with van der Waals surface area (Å²) < 4.78 is 1.83. The van der Waals surface area contributed by atoms with Crippen molar-refractivity contribution in [3.05, 3.63) is 12.3 Å². The maximum absolute atomic E-state index is 12.2. The van der Waals surface area contributed by atoms with Gasteiger partial charge < -0.3 is 5.32 Å². The van der Waals surface area contributed by atoms with Crippen molar-refractivity contribution in [2.24, 2.45) is 5.92 Å². The van der Waals surface area contributed by atoms with Gasteiger partial charge in [0.15, 0.2) is 0 Å². The Labute approximate surface area is 114 Å². The molecule has 0 fully saturated rings. The summed E-state index contributed by atoms with van der Waals surface area (Å²) in [5.41, 5.74) is 0. The van der Waals surface area contributed by atoms with E-state index in [0.29, 0.717) is 5.92 Å². The number of hydrogen-bond donors (Lipinski definition) is 1. The van der Waals surface area contributed by atoms with Crippen LogP contribution in [0.5, 0.6) is 0 Å². The highest BCUT2D eigenvalue weighted by atomic mass is 32.2. The SMILES string of the molecule is CCSC(C(=O)Nc1ccnn1C(C)C)C(C)C.